The molecular formula is C21H30N2O2. The van der Waals surface area contributed by atoms with Crippen LogP contribution in [0.2, 0.25) is 0 Å². The summed E-state index contributed by atoms with van der Waals surface area (Å²) in [6.45, 7) is 8.11. The van der Waals surface area contributed by atoms with Crippen LogP contribution in [-0.4, -0.2) is 43.1 Å². The van der Waals surface area contributed by atoms with Crippen LogP contribution in [0.15, 0.2) is 35.9 Å². The third-order valence-electron chi connectivity index (χ3n) is 5.17. The van der Waals surface area contributed by atoms with Gasteiger partial charge in [0.2, 0.25) is 5.91 Å². The Labute approximate surface area is 151 Å². The number of benzene rings is 1. The maximum Gasteiger partial charge on any atom is 0.223 e. The average molecular weight is 342 g/mol. The van der Waals surface area contributed by atoms with Gasteiger partial charge in [-0.3, -0.25) is 9.69 Å². The largest absolute Gasteiger partial charge is 0.373 e. The van der Waals surface area contributed by atoms with Gasteiger partial charge in [-0.2, -0.15) is 0 Å². The number of amides is 1. The van der Waals surface area contributed by atoms with E-state index in [0.29, 0.717) is 19.1 Å². The Hall–Kier alpha value is -1.65. The maximum atomic E-state index is 12.5. The number of nitrogens with zero attached hydrogens (tertiary/aromatic N) is 1. The van der Waals surface area contributed by atoms with E-state index in [0.717, 1.165) is 38.9 Å². The van der Waals surface area contributed by atoms with E-state index in [1.807, 2.05) is 6.07 Å². The molecular weight excluding hydrogens is 312 g/mol. The van der Waals surface area contributed by atoms with Gasteiger partial charge in [0.25, 0.3) is 0 Å². The van der Waals surface area contributed by atoms with Gasteiger partial charge in [0.15, 0.2) is 0 Å². The first-order chi connectivity index (χ1) is 12.1. The number of carbonyl (C=O) groups is 1. The number of likely N-dealkylation sites (tertiary alicyclic amines) is 1. The van der Waals surface area contributed by atoms with E-state index in [9.17, 15) is 4.79 Å². The van der Waals surface area contributed by atoms with Gasteiger partial charge in [0.1, 0.15) is 0 Å². The van der Waals surface area contributed by atoms with Gasteiger partial charge in [0.05, 0.1) is 19.1 Å². The molecule has 0 unspecified atom stereocenters. The van der Waals surface area contributed by atoms with Crippen molar-refractivity contribution in [1.29, 1.82) is 0 Å². The number of hydrogen-bond donors (Lipinski definition) is 1. The van der Waals surface area contributed by atoms with Crippen LogP contribution >= 0.6 is 0 Å². The van der Waals surface area contributed by atoms with Crippen LogP contribution in [0.4, 0.5) is 0 Å². The molecule has 4 heteroatoms. The summed E-state index contributed by atoms with van der Waals surface area (Å²) < 4.78 is 5.86. The van der Waals surface area contributed by atoms with E-state index in [1.54, 1.807) is 0 Å². The number of fused-ring (bicyclic) bond motifs is 1. The molecule has 4 nitrogen and oxygen atoms in total. The van der Waals surface area contributed by atoms with Gasteiger partial charge >= 0.3 is 0 Å². The van der Waals surface area contributed by atoms with Crippen molar-refractivity contribution >= 4 is 5.91 Å². The van der Waals surface area contributed by atoms with Gasteiger partial charge in [0, 0.05) is 25.7 Å². The van der Waals surface area contributed by atoms with E-state index in [2.05, 4.69) is 48.3 Å². The summed E-state index contributed by atoms with van der Waals surface area (Å²) in [5.74, 6) is 0.115. The number of ether oxygens (including phenoxy) is 1. The lowest BCUT2D eigenvalue weighted by Gasteiger charge is -2.32. The lowest BCUT2D eigenvalue weighted by Crippen LogP contribution is -2.45. The van der Waals surface area contributed by atoms with Crippen LogP contribution in [0.25, 0.3) is 0 Å². The molecule has 1 amide bonds. The van der Waals surface area contributed by atoms with Crippen molar-refractivity contribution in [3.63, 3.8) is 0 Å². The van der Waals surface area contributed by atoms with Crippen molar-refractivity contribution in [3.8, 4) is 0 Å². The van der Waals surface area contributed by atoms with Crippen molar-refractivity contribution in [3.05, 3.63) is 47.0 Å². The molecule has 25 heavy (non-hydrogen) atoms. The second kappa shape index (κ2) is 8.63. The summed E-state index contributed by atoms with van der Waals surface area (Å²) in [6.07, 6.45) is 5.61. The average Bonchev–Trinajstić information content (AvgIpc) is 2.61. The molecule has 0 bridgehead atoms. The molecule has 1 aromatic rings. The fourth-order valence-corrected chi connectivity index (χ4v) is 3.67. The topological polar surface area (TPSA) is 41.6 Å². The Bertz CT molecular complexity index is 614. The van der Waals surface area contributed by atoms with Crippen LogP contribution in [0.5, 0.6) is 0 Å². The van der Waals surface area contributed by atoms with Crippen molar-refractivity contribution in [2.45, 2.75) is 51.7 Å². The zero-order chi connectivity index (χ0) is 17.6. The van der Waals surface area contributed by atoms with Gasteiger partial charge in [-0.25, -0.2) is 0 Å². The highest BCUT2D eigenvalue weighted by Gasteiger charge is 2.25. The molecule has 2 aliphatic rings. The van der Waals surface area contributed by atoms with Crippen molar-refractivity contribution in [2.24, 2.45) is 0 Å². The Morgan fingerprint density at radius 1 is 1.28 bits per heavy atom. The molecule has 136 valence electrons. The molecule has 0 radical (unpaired) electrons. The monoisotopic (exact) mass is 342 g/mol. The number of rotatable bonds is 5. The molecule has 0 spiro atoms. The highest BCUT2D eigenvalue weighted by Crippen LogP contribution is 2.29. The second-order valence-electron chi connectivity index (χ2n) is 7.44. The van der Waals surface area contributed by atoms with Gasteiger partial charge in [-0.15, -0.1) is 0 Å². The van der Waals surface area contributed by atoms with Crippen LogP contribution in [0.1, 0.15) is 50.3 Å². The molecule has 0 saturated carbocycles. The summed E-state index contributed by atoms with van der Waals surface area (Å²) in [5, 5.41) is 3.22. The molecule has 2 aliphatic heterocycles. The fourth-order valence-electron chi connectivity index (χ4n) is 3.67. The second-order valence-corrected chi connectivity index (χ2v) is 7.44. The number of nitrogens with one attached hydrogen (secondary N) is 1. The zero-order valence-electron chi connectivity index (χ0n) is 15.5. The molecule has 3 rings (SSSR count). The Morgan fingerprint density at radius 2 is 2.04 bits per heavy atom. The number of piperidine rings is 1. The third-order valence-corrected chi connectivity index (χ3v) is 5.17. The smallest absolute Gasteiger partial charge is 0.223 e. The standard InChI is InChI=1S/C21H30N2O2/c1-16(2)7-11-23-12-8-18(9-13-23)22-21(24)15-20-19-6-4-3-5-17(19)10-14-25-20/h3-7,18,20H,8-15H2,1-2H3,(H,22,24)/t20-/m0/s1. The number of allylic oxidation sites excluding steroid dienone is 1. The lowest BCUT2D eigenvalue weighted by atomic mass is 9.95. The van der Waals surface area contributed by atoms with Gasteiger partial charge in [-0.1, -0.05) is 35.9 Å². The fraction of sp³-hybridized carbons (Fsp3) is 0.571. The summed E-state index contributed by atoms with van der Waals surface area (Å²) in [6, 6.07) is 8.62. The van der Waals surface area contributed by atoms with Crippen LogP contribution in [0.3, 0.4) is 0 Å². The van der Waals surface area contributed by atoms with Crippen LogP contribution in [0, 0.1) is 0 Å². The van der Waals surface area contributed by atoms with E-state index in [4.69, 9.17) is 4.74 Å². The minimum absolute atomic E-state index is 0.0947. The van der Waals surface area contributed by atoms with Gasteiger partial charge in [-0.05, 0) is 44.2 Å². The first-order valence-corrected chi connectivity index (χ1v) is 9.46. The Kier molecular flexibility index (Phi) is 6.27. The summed E-state index contributed by atoms with van der Waals surface area (Å²) in [4.78, 5) is 14.9. The first-order valence-electron chi connectivity index (χ1n) is 9.46. The molecule has 2 heterocycles. The minimum atomic E-state index is -0.0947. The molecule has 0 aromatic heterocycles. The van der Waals surface area contributed by atoms with E-state index >= 15 is 0 Å². The van der Waals surface area contributed by atoms with Crippen molar-refractivity contribution in [1.82, 2.24) is 10.2 Å². The highest BCUT2D eigenvalue weighted by molar-refractivity contribution is 5.77. The van der Waals surface area contributed by atoms with Crippen LogP contribution < -0.4 is 5.32 Å². The molecule has 1 aromatic carbocycles. The SMILES string of the molecule is CC(C)=CCN1CCC(NC(=O)C[C@@H]2OCCc3ccccc32)CC1. The quantitative estimate of drug-likeness (QED) is 0.835. The van der Waals surface area contributed by atoms with Gasteiger partial charge < -0.3 is 10.1 Å². The molecule has 0 aliphatic carbocycles. The molecule has 1 atom stereocenters. The Morgan fingerprint density at radius 3 is 2.80 bits per heavy atom. The summed E-state index contributed by atoms with van der Waals surface area (Å²) >= 11 is 0. The number of hydrogen-bond acceptors (Lipinski definition) is 3. The zero-order valence-corrected chi connectivity index (χ0v) is 15.5. The minimum Gasteiger partial charge on any atom is -0.373 e. The van der Waals surface area contributed by atoms with Crippen molar-refractivity contribution < 1.29 is 9.53 Å². The summed E-state index contributed by atoms with van der Waals surface area (Å²) in [5.41, 5.74) is 3.86. The normalized spacial score (nSPS) is 21.4. The first kappa shape index (κ1) is 18.2. The predicted octanol–water partition coefficient (Wildman–Crippen LogP) is 3.24. The highest BCUT2D eigenvalue weighted by atomic mass is 16.5. The van der Waals surface area contributed by atoms with Crippen LogP contribution in [-0.2, 0) is 16.0 Å². The predicted molar refractivity (Wildman–Crippen MR) is 100 cm³/mol. The maximum absolute atomic E-state index is 12.5. The van der Waals surface area contributed by atoms with E-state index < -0.39 is 0 Å². The van der Waals surface area contributed by atoms with E-state index in [-0.39, 0.29) is 12.0 Å². The van der Waals surface area contributed by atoms with E-state index in [1.165, 1.54) is 16.7 Å². The third kappa shape index (κ3) is 5.16. The lowest BCUT2D eigenvalue weighted by molar-refractivity contribution is -0.125. The Balaban J connectivity index is 1.46. The molecule has 1 fully saturated rings. The molecule has 1 saturated heterocycles. The van der Waals surface area contributed by atoms with Crippen molar-refractivity contribution in [2.75, 3.05) is 26.2 Å². The molecule has 1 N–H and O–H groups in total. The summed E-state index contributed by atoms with van der Waals surface area (Å²) in [7, 11) is 0. The number of carbonyl (C=O) groups excluding carboxylic acids is 1.